The van der Waals surface area contributed by atoms with Crippen molar-refractivity contribution in [3.63, 3.8) is 0 Å². The molecule has 0 fully saturated rings. The molecule has 2 aromatic heterocycles. The summed E-state index contributed by atoms with van der Waals surface area (Å²) in [5.41, 5.74) is 2.54. The van der Waals surface area contributed by atoms with Gasteiger partial charge in [-0.25, -0.2) is 0 Å². The smallest absolute Gasteiger partial charge is 0.274 e. The molecule has 5 rings (SSSR count). The molecule has 160 valence electrons. The van der Waals surface area contributed by atoms with Crippen molar-refractivity contribution in [2.45, 2.75) is 12.5 Å². The molecule has 1 aliphatic rings. The van der Waals surface area contributed by atoms with Gasteiger partial charge in [0.15, 0.2) is 5.69 Å². The third-order valence-electron chi connectivity index (χ3n) is 5.41. The van der Waals surface area contributed by atoms with Gasteiger partial charge in [-0.1, -0.05) is 35.5 Å². The molecule has 0 bridgehead atoms. The van der Waals surface area contributed by atoms with Crippen LogP contribution in [0, 0.1) is 0 Å². The summed E-state index contributed by atoms with van der Waals surface area (Å²) >= 11 is 0. The lowest BCUT2D eigenvalue weighted by atomic mass is 10.1. The van der Waals surface area contributed by atoms with Crippen molar-refractivity contribution < 1.29 is 18.8 Å². The van der Waals surface area contributed by atoms with E-state index >= 15 is 0 Å². The molecule has 0 aliphatic carbocycles. The predicted octanol–water partition coefficient (Wildman–Crippen LogP) is 2.97. The molecule has 1 unspecified atom stereocenters. The molecular weight excluding hydrogens is 408 g/mol. The molecule has 32 heavy (non-hydrogen) atoms. The number of anilines is 1. The van der Waals surface area contributed by atoms with Gasteiger partial charge in [-0.3, -0.25) is 14.6 Å². The molecule has 1 N–H and O–H groups in total. The lowest BCUT2D eigenvalue weighted by Gasteiger charge is -2.21. The van der Waals surface area contributed by atoms with E-state index in [1.807, 2.05) is 48.5 Å². The minimum absolute atomic E-state index is 0.00239. The zero-order valence-electron chi connectivity index (χ0n) is 17.3. The van der Waals surface area contributed by atoms with Crippen LogP contribution in [0.15, 0.2) is 71.4 Å². The molecule has 3 heterocycles. The highest BCUT2D eigenvalue weighted by Gasteiger charge is 2.32. The Bertz CT molecular complexity index is 1300. The summed E-state index contributed by atoms with van der Waals surface area (Å²) in [6.45, 7) is 0.00239. The van der Waals surface area contributed by atoms with Crippen molar-refractivity contribution in [3.05, 3.63) is 83.9 Å². The first kappa shape index (κ1) is 19.7. The molecule has 4 aromatic rings. The minimum atomic E-state index is -0.874. The SMILES string of the molecule is CN1C(=O)C(NC(=O)c2cc(Cc3ccccc3)on2)COc2ccc3ncccc3c21. The fourth-order valence-corrected chi connectivity index (χ4v) is 3.80. The zero-order valence-corrected chi connectivity index (χ0v) is 17.3. The number of hydrogen-bond donors (Lipinski definition) is 1. The number of aromatic nitrogens is 2. The van der Waals surface area contributed by atoms with E-state index in [0.29, 0.717) is 23.6 Å². The Balaban J connectivity index is 1.33. The second kappa shape index (κ2) is 8.14. The van der Waals surface area contributed by atoms with Crippen LogP contribution in [0.4, 0.5) is 5.69 Å². The number of nitrogens with one attached hydrogen (secondary N) is 1. The first-order chi connectivity index (χ1) is 15.6. The first-order valence-corrected chi connectivity index (χ1v) is 10.2. The second-order valence-corrected chi connectivity index (χ2v) is 7.56. The summed E-state index contributed by atoms with van der Waals surface area (Å²) in [6.07, 6.45) is 2.22. The summed E-state index contributed by atoms with van der Waals surface area (Å²) in [7, 11) is 1.66. The molecule has 1 aliphatic heterocycles. The van der Waals surface area contributed by atoms with Gasteiger partial charge < -0.3 is 19.5 Å². The van der Waals surface area contributed by atoms with Crippen molar-refractivity contribution >= 4 is 28.4 Å². The summed E-state index contributed by atoms with van der Waals surface area (Å²) < 4.78 is 11.2. The molecule has 0 radical (unpaired) electrons. The lowest BCUT2D eigenvalue weighted by Crippen LogP contribution is -2.49. The van der Waals surface area contributed by atoms with Crippen LogP contribution in [0.3, 0.4) is 0 Å². The number of nitrogens with zero attached hydrogens (tertiary/aromatic N) is 3. The summed E-state index contributed by atoms with van der Waals surface area (Å²) in [5.74, 6) is 0.334. The van der Waals surface area contributed by atoms with Gasteiger partial charge in [0.05, 0.1) is 11.2 Å². The Morgan fingerprint density at radius 2 is 2.00 bits per heavy atom. The number of hydrogen-bond acceptors (Lipinski definition) is 6. The maximum atomic E-state index is 13.1. The fraction of sp³-hybridized carbons (Fsp3) is 0.167. The Morgan fingerprint density at radius 1 is 1.16 bits per heavy atom. The van der Waals surface area contributed by atoms with E-state index in [2.05, 4.69) is 15.5 Å². The van der Waals surface area contributed by atoms with Crippen molar-refractivity contribution in [2.24, 2.45) is 0 Å². The Kier molecular flexibility index (Phi) is 5.03. The van der Waals surface area contributed by atoms with E-state index in [4.69, 9.17) is 9.26 Å². The second-order valence-electron chi connectivity index (χ2n) is 7.56. The Labute approximate surface area is 183 Å². The molecular formula is C24H20N4O4. The van der Waals surface area contributed by atoms with Crippen LogP contribution in [0.5, 0.6) is 5.75 Å². The zero-order chi connectivity index (χ0) is 22.1. The van der Waals surface area contributed by atoms with Crippen LogP contribution < -0.4 is 15.0 Å². The van der Waals surface area contributed by atoms with Gasteiger partial charge in [0.2, 0.25) is 0 Å². The van der Waals surface area contributed by atoms with Crippen LogP contribution in [0.1, 0.15) is 21.8 Å². The van der Waals surface area contributed by atoms with Gasteiger partial charge in [0.25, 0.3) is 11.8 Å². The van der Waals surface area contributed by atoms with Gasteiger partial charge in [-0.05, 0) is 29.8 Å². The number of fused-ring (bicyclic) bond motifs is 3. The molecule has 2 aromatic carbocycles. The normalized spacial score (nSPS) is 15.7. The summed E-state index contributed by atoms with van der Waals surface area (Å²) in [4.78, 5) is 31.7. The van der Waals surface area contributed by atoms with E-state index in [0.717, 1.165) is 16.5 Å². The molecule has 2 amide bonds. The van der Waals surface area contributed by atoms with Gasteiger partial charge in [0.1, 0.15) is 24.2 Å². The topological polar surface area (TPSA) is 97.6 Å². The lowest BCUT2D eigenvalue weighted by molar-refractivity contribution is -0.120. The van der Waals surface area contributed by atoms with Crippen LogP contribution >= 0.6 is 0 Å². The minimum Gasteiger partial charge on any atom is -0.489 e. The van der Waals surface area contributed by atoms with Crippen LogP contribution in [-0.2, 0) is 11.2 Å². The highest BCUT2D eigenvalue weighted by atomic mass is 16.5. The summed E-state index contributed by atoms with van der Waals surface area (Å²) in [6, 6.07) is 17.8. The molecule has 0 saturated heterocycles. The number of benzene rings is 2. The van der Waals surface area contributed by atoms with Gasteiger partial charge in [-0.15, -0.1) is 0 Å². The third kappa shape index (κ3) is 3.66. The van der Waals surface area contributed by atoms with E-state index < -0.39 is 11.9 Å². The maximum absolute atomic E-state index is 13.1. The highest BCUT2D eigenvalue weighted by molar-refractivity contribution is 6.08. The van der Waals surface area contributed by atoms with E-state index in [9.17, 15) is 9.59 Å². The van der Waals surface area contributed by atoms with Crippen molar-refractivity contribution in [1.29, 1.82) is 0 Å². The quantitative estimate of drug-likeness (QED) is 0.537. The third-order valence-corrected chi connectivity index (χ3v) is 5.41. The number of rotatable bonds is 4. The molecule has 0 spiro atoms. The maximum Gasteiger partial charge on any atom is 0.274 e. The number of carbonyl (C=O) groups excluding carboxylic acids is 2. The predicted molar refractivity (Wildman–Crippen MR) is 118 cm³/mol. The Hall–Kier alpha value is -4.20. The van der Waals surface area contributed by atoms with Crippen LogP contribution in [-0.4, -0.2) is 41.7 Å². The first-order valence-electron chi connectivity index (χ1n) is 10.2. The van der Waals surface area contributed by atoms with E-state index in [-0.39, 0.29) is 18.2 Å². The van der Waals surface area contributed by atoms with E-state index in [1.54, 1.807) is 25.4 Å². The van der Waals surface area contributed by atoms with Crippen LogP contribution in [0.25, 0.3) is 10.9 Å². The average molecular weight is 428 g/mol. The van der Waals surface area contributed by atoms with E-state index in [1.165, 1.54) is 4.90 Å². The number of ether oxygens (including phenoxy) is 1. The number of pyridine rings is 1. The highest BCUT2D eigenvalue weighted by Crippen LogP contribution is 2.37. The Morgan fingerprint density at radius 3 is 2.84 bits per heavy atom. The van der Waals surface area contributed by atoms with Crippen molar-refractivity contribution in [2.75, 3.05) is 18.6 Å². The largest absolute Gasteiger partial charge is 0.489 e. The molecule has 8 nitrogen and oxygen atoms in total. The molecule has 1 atom stereocenters. The van der Waals surface area contributed by atoms with Crippen molar-refractivity contribution in [3.8, 4) is 5.75 Å². The number of carbonyl (C=O) groups is 2. The van der Waals surface area contributed by atoms with Crippen molar-refractivity contribution in [1.82, 2.24) is 15.5 Å². The van der Waals surface area contributed by atoms with Crippen LogP contribution in [0.2, 0.25) is 0 Å². The standard InChI is InChI=1S/C24H20N4O4/c1-28-22-17-8-5-11-25-18(17)9-10-21(22)31-14-20(24(28)30)26-23(29)19-13-16(32-27-19)12-15-6-3-2-4-7-15/h2-11,13,20H,12,14H2,1H3,(H,26,29). The number of amides is 2. The molecule has 8 heteroatoms. The fourth-order valence-electron chi connectivity index (χ4n) is 3.80. The average Bonchev–Trinajstić information content (AvgIpc) is 3.25. The van der Waals surface area contributed by atoms with Gasteiger partial charge in [-0.2, -0.15) is 0 Å². The summed E-state index contributed by atoms with van der Waals surface area (Å²) in [5, 5.41) is 7.39. The van der Waals surface area contributed by atoms with Gasteiger partial charge >= 0.3 is 0 Å². The monoisotopic (exact) mass is 428 g/mol. The number of likely N-dealkylation sites (N-methyl/N-ethyl adjacent to an activating group) is 1. The molecule has 0 saturated carbocycles. The van der Waals surface area contributed by atoms with Gasteiger partial charge in [0, 0.05) is 31.1 Å².